The number of methoxy groups -OCH3 is 1. The molecule has 0 bridgehead atoms. The summed E-state index contributed by atoms with van der Waals surface area (Å²) in [5, 5.41) is 11.8. The van der Waals surface area contributed by atoms with Crippen molar-refractivity contribution in [2.45, 2.75) is 25.3 Å². The van der Waals surface area contributed by atoms with Crippen LogP contribution in [-0.4, -0.2) is 51.5 Å². The van der Waals surface area contributed by atoms with Crippen molar-refractivity contribution >= 4 is 11.6 Å². The monoisotopic (exact) mass is 294 g/mol. The number of amides is 1. The molecule has 0 fully saturated rings. The van der Waals surface area contributed by atoms with Crippen LogP contribution in [0.2, 0.25) is 0 Å². The summed E-state index contributed by atoms with van der Waals surface area (Å²) in [7, 11) is 5.59. The fraction of sp³-hybridized carbons (Fsp3) is 0.562. The minimum atomic E-state index is -0.122. The number of carbonyl (C=O) groups is 1. The van der Waals surface area contributed by atoms with E-state index in [-0.39, 0.29) is 18.6 Å². The van der Waals surface area contributed by atoms with Crippen LogP contribution in [0.15, 0.2) is 24.3 Å². The lowest BCUT2D eigenvalue weighted by molar-refractivity contribution is -0.122. The van der Waals surface area contributed by atoms with Crippen molar-refractivity contribution < 1.29 is 14.6 Å². The molecule has 0 heterocycles. The van der Waals surface area contributed by atoms with E-state index in [0.29, 0.717) is 25.9 Å². The molecule has 21 heavy (non-hydrogen) atoms. The fourth-order valence-electron chi connectivity index (χ4n) is 2.07. The van der Waals surface area contributed by atoms with Crippen LogP contribution >= 0.6 is 0 Å². The first-order chi connectivity index (χ1) is 10.1. The smallest absolute Gasteiger partial charge is 0.220 e. The topological polar surface area (TPSA) is 61.8 Å². The second-order valence-electron chi connectivity index (χ2n) is 5.29. The fourth-order valence-corrected chi connectivity index (χ4v) is 2.07. The maximum absolute atomic E-state index is 11.9. The molecular weight excluding hydrogens is 268 g/mol. The standard InChI is InChI=1S/C16H26N2O3/c1-18(2)15-7-4-13(5-8-15)6-9-16(20)17-14(10-11-19)12-21-3/h4-5,7-8,14,19H,6,9-12H2,1-3H3,(H,17,20). The molecule has 2 N–H and O–H groups in total. The molecule has 1 unspecified atom stereocenters. The lowest BCUT2D eigenvalue weighted by Gasteiger charge is -2.17. The van der Waals surface area contributed by atoms with Crippen LogP contribution in [0, 0.1) is 0 Å². The summed E-state index contributed by atoms with van der Waals surface area (Å²) in [6.45, 7) is 0.462. The van der Waals surface area contributed by atoms with Crippen molar-refractivity contribution in [3.63, 3.8) is 0 Å². The van der Waals surface area contributed by atoms with Crippen LogP contribution in [0.3, 0.4) is 0 Å². The lowest BCUT2D eigenvalue weighted by Crippen LogP contribution is -2.38. The number of aliphatic hydroxyl groups excluding tert-OH is 1. The number of nitrogens with zero attached hydrogens (tertiary/aromatic N) is 1. The number of nitrogens with one attached hydrogen (secondary N) is 1. The van der Waals surface area contributed by atoms with E-state index in [2.05, 4.69) is 5.32 Å². The van der Waals surface area contributed by atoms with E-state index in [1.54, 1.807) is 7.11 Å². The molecule has 0 aliphatic carbocycles. The van der Waals surface area contributed by atoms with Crippen LogP contribution < -0.4 is 10.2 Å². The Labute approximate surface area is 126 Å². The van der Waals surface area contributed by atoms with Gasteiger partial charge in [-0.1, -0.05) is 12.1 Å². The third-order valence-corrected chi connectivity index (χ3v) is 3.30. The Balaban J connectivity index is 2.41. The van der Waals surface area contributed by atoms with Gasteiger partial charge in [0.1, 0.15) is 0 Å². The molecule has 1 amide bonds. The second-order valence-corrected chi connectivity index (χ2v) is 5.29. The molecule has 0 aliphatic rings. The molecule has 0 saturated carbocycles. The number of aryl methyl sites for hydroxylation is 1. The molecule has 5 heteroatoms. The summed E-state index contributed by atoms with van der Waals surface area (Å²) < 4.78 is 5.03. The van der Waals surface area contributed by atoms with Crippen molar-refractivity contribution in [3.05, 3.63) is 29.8 Å². The summed E-state index contributed by atoms with van der Waals surface area (Å²) in [6, 6.07) is 8.06. The number of anilines is 1. The van der Waals surface area contributed by atoms with Crippen LogP contribution in [0.1, 0.15) is 18.4 Å². The van der Waals surface area contributed by atoms with E-state index in [9.17, 15) is 4.79 Å². The molecule has 118 valence electrons. The Morgan fingerprint density at radius 3 is 2.52 bits per heavy atom. The number of rotatable bonds is 9. The van der Waals surface area contributed by atoms with Crippen molar-refractivity contribution in [1.82, 2.24) is 5.32 Å². The zero-order valence-electron chi connectivity index (χ0n) is 13.1. The minimum absolute atomic E-state index is 0.0119. The highest BCUT2D eigenvalue weighted by Gasteiger charge is 2.11. The van der Waals surface area contributed by atoms with E-state index in [0.717, 1.165) is 11.3 Å². The third-order valence-electron chi connectivity index (χ3n) is 3.30. The van der Waals surface area contributed by atoms with Gasteiger partial charge in [0.05, 0.1) is 12.6 Å². The Hall–Kier alpha value is -1.59. The zero-order valence-corrected chi connectivity index (χ0v) is 13.1. The summed E-state index contributed by atoms with van der Waals surface area (Å²) in [4.78, 5) is 13.9. The Bertz CT molecular complexity index is 412. The zero-order chi connectivity index (χ0) is 15.7. The van der Waals surface area contributed by atoms with Gasteiger partial charge in [-0.3, -0.25) is 4.79 Å². The van der Waals surface area contributed by atoms with Crippen LogP contribution in [0.4, 0.5) is 5.69 Å². The van der Waals surface area contributed by atoms with Gasteiger partial charge in [0.15, 0.2) is 0 Å². The first kappa shape index (κ1) is 17.5. The molecule has 0 aromatic heterocycles. The van der Waals surface area contributed by atoms with Gasteiger partial charge >= 0.3 is 0 Å². The molecule has 1 aromatic carbocycles. The SMILES string of the molecule is COCC(CCO)NC(=O)CCc1ccc(N(C)C)cc1. The Morgan fingerprint density at radius 2 is 2.00 bits per heavy atom. The summed E-state index contributed by atoms with van der Waals surface area (Å²) in [5.41, 5.74) is 2.28. The lowest BCUT2D eigenvalue weighted by atomic mass is 10.1. The molecular formula is C16H26N2O3. The van der Waals surface area contributed by atoms with Gasteiger partial charge in [0, 0.05) is 39.9 Å². The molecule has 1 atom stereocenters. The van der Waals surface area contributed by atoms with Crippen LogP contribution in [0.5, 0.6) is 0 Å². The molecule has 1 aromatic rings. The molecule has 0 radical (unpaired) electrons. The van der Waals surface area contributed by atoms with Crippen molar-refractivity contribution in [2.24, 2.45) is 0 Å². The molecule has 0 saturated heterocycles. The van der Waals surface area contributed by atoms with Gasteiger partial charge in [-0.25, -0.2) is 0 Å². The van der Waals surface area contributed by atoms with Crippen molar-refractivity contribution in [1.29, 1.82) is 0 Å². The van der Waals surface area contributed by atoms with Gasteiger partial charge in [0.25, 0.3) is 0 Å². The Morgan fingerprint density at radius 1 is 1.33 bits per heavy atom. The summed E-state index contributed by atoms with van der Waals surface area (Å²) >= 11 is 0. The molecule has 5 nitrogen and oxygen atoms in total. The Kier molecular flexibility index (Phi) is 7.79. The van der Waals surface area contributed by atoms with Gasteiger partial charge in [0.2, 0.25) is 5.91 Å². The summed E-state index contributed by atoms with van der Waals surface area (Å²) in [5.74, 6) is -0.0119. The first-order valence-corrected chi connectivity index (χ1v) is 7.22. The summed E-state index contributed by atoms with van der Waals surface area (Å²) in [6.07, 6.45) is 1.66. The predicted molar refractivity (Wildman–Crippen MR) is 84.6 cm³/mol. The largest absolute Gasteiger partial charge is 0.396 e. The average molecular weight is 294 g/mol. The van der Waals surface area contributed by atoms with E-state index >= 15 is 0 Å². The van der Waals surface area contributed by atoms with Gasteiger partial charge in [-0.05, 0) is 30.5 Å². The quantitative estimate of drug-likeness (QED) is 0.718. The molecule has 0 aliphatic heterocycles. The van der Waals surface area contributed by atoms with Crippen LogP contribution in [0.25, 0.3) is 0 Å². The van der Waals surface area contributed by atoms with Crippen molar-refractivity contribution in [2.75, 3.05) is 39.3 Å². The van der Waals surface area contributed by atoms with E-state index in [1.807, 2.05) is 43.3 Å². The van der Waals surface area contributed by atoms with Gasteiger partial charge in [-0.2, -0.15) is 0 Å². The number of benzene rings is 1. The number of carbonyl (C=O) groups excluding carboxylic acids is 1. The maximum atomic E-state index is 11.9. The number of hydrogen-bond donors (Lipinski definition) is 2. The predicted octanol–water partition coefficient (Wildman–Crippen LogP) is 1.20. The van der Waals surface area contributed by atoms with E-state index < -0.39 is 0 Å². The second kappa shape index (κ2) is 9.37. The number of hydrogen-bond acceptors (Lipinski definition) is 4. The van der Waals surface area contributed by atoms with Crippen LogP contribution in [-0.2, 0) is 16.0 Å². The normalized spacial score (nSPS) is 12.0. The number of aliphatic hydroxyl groups is 1. The maximum Gasteiger partial charge on any atom is 0.220 e. The molecule has 1 rings (SSSR count). The first-order valence-electron chi connectivity index (χ1n) is 7.22. The number of ether oxygens (including phenoxy) is 1. The van der Waals surface area contributed by atoms with Crippen molar-refractivity contribution in [3.8, 4) is 0 Å². The highest BCUT2D eigenvalue weighted by molar-refractivity contribution is 5.76. The minimum Gasteiger partial charge on any atom is -0.396 e. The van der Waals surface area contributed by atoms with E-state index in [4.69, 9.17) is 9.84 Å². The average Bonchev–Trinajstić information content (AvgIpc) is 2.46. The van der Waals surface area contributed by atoms with E-state index in [1.165, 1.54) is 0 Å². The highest BCUT2D eigenvalue weighted by Crippen LogP contribution is 2.13. The van der Waals surface area contributed by atoms with Gasteiger partial charge in [-0.15, -0.1) is 0 Å². The van der Waals surface area contributed by atoms with Gasteiger partial charge < -0.3 is 20.1 Å². The third kappa shape index (κ3) is 6.60. The highest BCUT2D eigenvalue weighted by atomic mass is 16.5. The molecule has 0 spiro atoms.